The predicted octanol–water partition coefficient (Wildman–Crippen LogP) is 9.64. The van der Waals surface area contributed by atoms with E-state index in [0.717, 1.165) is 38.5 Å². The van der Waals surface area contributed by atoms with E-state index in [-0.39, 0.29) is 0 Å². The molecule has 42 heavy (non-hydrogen) atoms. The lowest BCUT2D eigenvalue weighted by molar-refractivity contribution is 0.572. The van der Waals surface area contributed by atoms with Crippen LogP contribution in [0.4, 0.5) is 0 Å². The Morgan fingerprint density at radius 3 is 2.14 bits per heavy atom. The zero-order chi connectivity index (χ0) is 27.9. The summed E-state index contributed by atoms with van der Waals surface area (Å²) in [5.74, 6) is 1.08. The minimum atomic E-state index is 0.391. The van der Waals surface area contributed by atoms with Crippen LogP contribution in [-0.2, 0) is 0 Å². The zero-order valence-corrected chi connectivity index (χ0v) is 24.4. The third kappa shape index (κ3) is 4.54. The van der Waals surface area contributed by atoms with Crippen molar-refractivity contribution in [3.05, 3.63) is 148 Å². The first-order valence-corrected chi connectivity index (χ1v) is 16.0. The summed E-state index contributed by atoms with van der Waals surface area (Å²) in [6.07, 6.45) is 36.0. The highest BCUT2D eigenvalue weighted by atomic mass is 14.3. The van der Waals surface area contributed by atoms with Crippen molar-refractivity contribution < 1.29 is 0 Å². The number of allylic oxidation sites excluding steroid dienone is 14. The Labute approximate surface area is 249 Å². The smallest absolute Gasteiger partial charge is 0.00645 e. The van der Waals surface area contributed by atoms with Crippen LogP contribution in [0.2, 0.25) is 0 Å². The van der Waals surface area contributed by atoms with E-state index >= 15 is 0 Å². The van der Waals surface area contributed by atoms with E-state index in [1.165, 1.54) is 78.6 Å². The van der Waals surface area contributed by atoms with Crippen LogP contribution in [0.5, 0.6) is 0 Å². The first-order chi connectivity index (χ1) is 20.8. The second kappa shape index (κ2) is 10.9. The van der Waals surface area contributed by atoms with Crippen LogP contribution in [0.25, 0.3) is 39.6 Å². The van der Waals surface area contributed by atoms with Gasteiger partial charge in [-0.1, -0.05) is 121 Å². The quantitative estimate of drug-likeness (QED) is 0.308. The summed E-state index contributed by atoms with van der Waals surface area (Å²) in [6.45, 7) is 0. The summed E-state index contributed by atoms with van der Waals surface area (Å²) < 4.78 is 0. The Morgan fingerprint density at radius 2 is 1.38 bits per heavy atom. The summed E-state index contributed by atoms with van der Waals surface area (Å²) in [7, 11) is 0. The Morgan fingerprint density at radius 1 is 0.643 bits per heavy atom. The van der Waals surface area contributed by atoms with Crippen molar-refractivity contribution in [3.8, 4) is 0 Å². The minimum Gasteiger partial charge on any atom is -0.0839 e. The average molecular weight is 543 g/mol. The molecule has 0 amide bonds. The zero-order valence-electron chi connectivity index (χ0n) is 24.4. The van der Waals surface area contributed by atoms with Crippen molar-refractivity contribution in [2.75, 3.05) is 0 Å². The van der Waals surface area contributed by atoms with Gasteiger partial charge in [-0.2, -0.15) is 0 Å². The lowest BCUT2D eigenvalue weighted by atomic mass is 9.75. The third-order valence-electron chi connectivity index (χ3n) is 9.93. The molecule has 0 aliphatic heterocycles. The first-order valence-electron chi connectivity index (χ1n) is 16.0. The van der Waals surface area contributed by atoms with E-state index < -0.39 is 0 Å². The number of fused-ring (bicyclic) bond motifs is 3. The molecule has 0 N–H and O–H groups in total. The maximum absolute atomic E-state index is 2.55. The molecule has 5 aliphatic rings. The number of hydrogen-bond donors (Lipinski definition) is 0. The van der Waals surface area contributed by atoms with Crippen molar-refractivity contribution in [1.29, 1.82) is 0 Å². The van der Waals surface area contributed by atoms with E-state index in [2.05, 4.69) is 121 Å². The van der Waals surface area contributed by atoms with Crippen molar-refractivity contribution in [2.45, 2.75) is 51.4 Å². The second-order valence-electron chi connectivity index (χ2n) is 12.5. The lowest BCUT2D eigenvalue weighted by Gasteiger charge is -2.29. The van der Waals surface area contributed by atoms with Crippen molar-refractivity contribution in [2.24, 2.45) is 11.8 Å². The minimum absolute atomic E-state index is 0.391. The maximum atomic E-state index is 2.55. The molecule has 3 aromatic rings. The molecule has 0 heterocycles. The van der Waals surface area contributed by atoms with E-state index in [9.17, 15) is 0 Å². The van der Waals surface area contributed by atoms with Crippen LogP contribution < -0.4 is 10.4 Å². The lowest BCUT2D eigenvalue weighted by Crippen LogP contribution is -2.35. The predicted molar refractivity (Wildman–Crippen MR) is 181 cm³/mol. The molecule has 206 valence electrons. The van der Waals surface area contributed by atoms with Gasteiger partial charge in [-0.05, 0) is 123 Å². The van der Waals surface area contributed by atoms with E-state index in [1.54, 1.807) is 0 Å². The van der Waals surface area contributed by atoms with Crippen molar-refractivity contribution >= 4 is 39.6 Å². The van der Waals surface area contributed by atoms with Crippen LogP contribution in [0.15, 0.2) is 120 Å². The molecule has 0 heteroatoms. The van der Waals surface area contributed by atoms with Crippen LogP contribution in [0.1, 0.15) is 68.1 Å². The maximum Gasteiger partial charge on any atom is 0.00645 e. The highest BCUT2D eigenvalue weighted by Crippen LogP contribution is 2.42. The summed E-state index contributed by atoms with van der Waals surface area (Å²) in [5.41, 5.74) is 11.6. The summed E-state index contributed by atoms with van der Waals surface area (Å²) in [6, 6.07) is 20.3. The molecular weight excluding hydrogens is 504 g/mol. The van der Waals surface area contributed by atoms with Gasteiger partial charge in [-0.15, -0.1) is 0 Å². The number of hydrogen-bond acceptors (Lipinski definition) is 0. The largest absolute Gasteiger partial charge is 0.0839 e. The molecule has 0 fully saturated rings. The molecule has 3 aromatic carbocycles. The Hall–Kier alpha value is -4.16. The fraction of sp³-hybridized carbons (Fsp3) is 0.238. The topological polar surface area (TPSA) is 0 Å². The summed E-state index contributed by atoms with van der Waals surface area (Å²) in [4.78, 5) is 0. The molecule has 0 bridgehead atoms. The van der Waals surface area contributed by atoms with Gasteiger partial charge >= 0.3 is 0 Å². The van der Waals surface area contributed by atoms with Crippen LogP contribution in [-0.4, -0.2) is 0 Å². The number of rotatable bonds is 4. The highest BCUT2D eigenvalue weighted by molar-refractivity contribution is 6.03. The molecule has 0 radical (unpaired) electrons. The molecule has 5 aliphatic carbocycles. The van der Waals surface area contributed by atoms with Gasteiger partial charge in [0.15, 0.2) is 0 Å². The Kier molecular flexibility index (Phi) is 6.64. The third-order valence-corrected chi connectivity index (χ3v) is 9.93. The average Bonchev–Trinajstić information content (AvgIpc) is 3.07. The standard InChI is InChI=1S/C42H38/c1-3-13-29(14-4-1)34-26-35(30-15-5-2-6-16-30)28-36(27-34)42-39-21-11-9-19-37(39)41(38-20-10-12-22-40(38)42)33-24-23-31-17-7-8-18-32(31)25-33/h1,3-5,7-9,11,13-16,18-22,25-27,31,35H,2,6,10,12,17,23-24,28H2. The Balaban J connectivity index is 1.36. The van der Waals surface area contributed by atoms with Gasteiger partial charge in [0.1, 0.15) is 0 Å². The summed E-state index contributed by atoms with van der Waals surface area (Å²) >= 11 is 0. The van der Waals surface area contributed by atoms with Gasteiger partial charge in [-0.25, -0.2) is 0 Å². The fourth-order valence-electron chi connectivity index (χ4n) is 7.91. The van der Waals surface area contributed by atoms with Crippen molar-refractivity contribution in [3.63, 3.8) is 0 Å². The second-order valence-corrected chi connectivity index (χ2v) is 12.5. The SMILES string of the molecule is C1=CCC2CCC(c3c4c(c(C5=CC(c6ccccc6)=CC(C6=CCCC=C6)C5)c5ccccc35)=CCCC=4)=CC2=C1. The normalized spacial score (nSPS) is 22.9. The van der Waals surface area contributed by atoms with Crippen LogP contribution >= 0.6 is 0 Å². The van der Waals surface area contributed by atoms with Gasteiger partial charge in [0.25, 0.3) is 0 Å². The first kappa shape index (κ1) is 25.5. The van der Waals surface area contributed by atoms with E-state index in [0.29, 0.717) is 11.8 Å². The van der Waals surface area contributed by atoms with Crippen LogP contribution in [0.3, 0.4) is 0 Å². The molecule has 0 nitrogen and oxygen atoms in total. The highest BCUT2D eigenvalue weighted by Gasteiger charge is 2.26. The molecule has 0 saturated carbocycles. The van der Waals surface area contributed by atoms with Gasteiger partial charge in [0.05, 0.1) is 0 Å². The van der Waals surface area contributed by atoms with Crippen molar-refractivity contribution in [1.82, 2.24) is 0 Å². The van der Waals surface area contributed by atoms with Gasteiger partial charge in [0.2, 0.25) is 0 Å². The number of benzene rings is 3. The van der Waals surface area contributed by atoms with Crippen LogP contribution in [0, 0.1) is 11.8 Å². The van der Waals surface area contributed by atoms with Gasteiger partial charge < -0.3 is 0 Å². The Bertz CT molecular complexity index is 1910. The molecule has 0 saturated heterocycles. The van der Waals surface area contributed by atoms with E-state index in [1.807, 2.05) is 0 Å². The molecule has 0 spiro atoms. The molecule has 2 unspecified atom stereocenters. The molecule has 8 rings (SSSR count). The van der Waals surface area contributed by atoms with E-state index in [4.69, 9.17) is 0 Å². The summed E-state index contributed by atoms with van der Waals surface area (Å²) in [5, 5.41) is 5.75. The molecule has 2 atom stereocenters. The van der Waals surface area contributed by atoms with Gasteiger partial charge in [-0.3, -0.25) is 0 Å². The molecule has 0 aromatic heterocycles. The monoisotopic (exact) mass is 542 g/mol. The van der Waals surface area contributed by atoms with Gasteiger partial charge in [0, 0.05) is 5.92 Å². The fourth-order valence-corrected chi connectivity index (χ4v) is 7.91. The molecular formula is C42H38.